The molecule has 2 aliphatic rings. The fourth-order valence-corrected chi connectivity index (χ4v) is 3.32. The molecule has 0 saturated carbocycles. The number of rotatable bonds is 5. The Kier molecular flexibility index (Phi) is 4.90. The van der Waals surface area contributed by atoms with Crippen molar-refractivity contribution in [3.63, 3.8) is 0 Å². The van der Waals surface area contributed by atoms with Crippen molar-refractivity contribution in [3.05, 3.63) is 33.9 Å². The van der Waals surface area contributed by atoms with E-state index in [1.807, 2.05) is 6.07 Å². The van der Waals surface area contributed by atoms with Crippen LogP contribution in [0.5, 0.6) is 0 Å². The molecule has 0 bridgehead atoms. The standard InChI is InChI=1S/C16H23N3O3/c20-19(21)15-4-5-16-14(13-15)3-1-7-18(16)8-2-6-17-9-11-22-12-10-17/h4-5,13H,1-3,6-12H2. The summed E-state index contributed by atoms with van der Waals surface area (Å²) in [5, 5.41) is 10.9. The zero-order valence-electron chi connectivity index (χ0n) is 12.9. The van der Waals surface area contributed by atoms with Gasteiger partial charge in [-0.05, 0) is 30.9 Å². The molecule has 1 aromatic carbocycles. The van der Waals surface area contributed by atoms with Crippen LogP contribution in [0.3, 0.4) is 0 Å². The van der Waals surface area contributed by atoms with Gasteiger partial charge >= 0.3 is 0 Å². The lowest BCUT2D eigenvalue weighted by Gasteiger charge is -2.32. The van der Waals surface area contributed by atoms with Crippen molar-refractivity contribution in [2.24, 2.45) is 0 Å². The first-order chi connectivity index (χ1) is 10.7. The summed E-state index contributed by atoms with van der Waals surface area (Å²) in [5.74, 6) is 0. The van der Waals surface area contributed by atoms with Gasteiger partial charge in [-0.3, -0.25) is 15.0 Å². The molecule has 0 atom stereocenters. The van der Waals surface area contributed by atoms with Crippen LogP contribution in [0.4, 0.5) is 11.4 Å². The summed E-state index contributed by atoms with van der Waals surface area (Å²) >= 11 is 0. The van der Waals surface area contributed by atoms with Gasteiger partial charge in [0.05, 0.1) is 18.1 Å². The quantitative estimate of drug-likeness (QED) is 0.615. The summed E-state index contributed by atoms with van der Waals surface area (Å²) in [6, 6.07) is 5.28. The van der Waals surface area contributed by atoms with E-state index in [1.54, 1.807) is 12.1 Å². The summed E-state index contributed by atoms with van der Waals surface area (Å²) < 4.78 is 5.37. The van der Waals surface area contributed by atoms with E-state index in [2.05, 4.69) is 9.80 Å². The SMILES string of the molecule is O=[N+]([O-])c1ccc2c(c1)CCCN2CCCN1CCOCC1. The van der Waals surface area contributed by atoms with Gasteiger partial charge in [0, 0.05) is 50.5 Å². The highest BCUT2D eigenvalue weighted by Gasteiger charge is 2.19. The minimum atomic E-state index is -0.308. The summed E-state index contributed by atoms with van der Waals surface area (Å²) in [4.78, 5) is 15.4. The lowest BCUT2D eigenvalue weighted by molar-refractivity contribution is -0.384. The topological polar surface area (TPSA) is 58.9 Å². The molecule has 3 rings (SSSR count). The Balaban J connectivity index is 1.58. The maximum Gasteiger partial charge on any atom is 0.269 e. The van der Waals surface area contributed by atoms with Gasteiger partial charge in [-0.1, -0.05) is 0 Å². The molecule has 0 radical (unpaired) electrons. The Morgan fingerprint density at radius 3 is 2.77 bits per heavy atom. The normalized spacial score (nSPS) is 19.0. The molecule has 0 aliphatic carbocycles. The van der Waals surface area contributed by atoms with E-state index in [4.69, 9.17) is 4.74 Å². The van der Waals surface area contributed by atoms with Crippen LogP contribution < -0.4 is 4.90 Å². The van der Waals surface area contributed by atoms with Crippen LogP contribution in [-0.2, 0) is 11.2 Å². The molecule has 0 N–H and O–H groups in total. The second-order valence-corrected chi connectivity index (χ2v) is 5.97. The first-order valence-electron chi connectivity index (χ1n) is 8.06. The summed E-state index contributed by atoms with van der Waals surface area (Å²) in [6.45, 7) is 6.91. The number of nitrogens with zero attached hydrogens (tertiary/aromatic N) is 3. The monoisotopic (exact) mass is 305 g/mol. The summed E-state index contributed by atoms with van der Waals surface area (Å²) in [6.07, 6.45) is 3.14. The van der Waals surface area contributed by atoms with Gasteiger partial charge in [-0.15, -0.1) is 0 Å². The van der Waals surface area contributed by atoms with Crippen LogP contribution in [0.2, 0.25) is 0 Å². The van der Waals surface area contributed by atoms with E-state index < -0.39 is 0 Å². The Bertz CT molecular complexity index is 529. The predicted molar refractivity (Wildman–Crippen MR) is 85.5 cm³/mol. The van der Waals surface area contributed by atoms with Crippen LogP contribution in [0, 0.1) is 10.1 Å². The van der Waals surface area contributed by atoms with Gasteiger partial charge in [0.2, 0.25) is 0 Å². The number of non-ortho nitro benzene ring substituents is 1. The lowest BCUT2D eigenvalue weighted by atomic mass is 10.0. The number of fused-ring (bicyclic) bond motifs is 1. The molecule has 6 nitrogen and oxygen atoms in total. The number of aryl methyl sites for hydroxylation is 1. The maximum absolute atomic E-state index is 10.9. The highest BCUT2D eigenvalue weighted by atomic mass is 16.6. The molecule has 2 heterocycles. The molecule has 0 spiro atoms. The van der Waals surface area contributed by atoms with Crippen LogP contribution in [0.15, 0.2) is 18.2 Å². The zero-order valence-corrected chi connectivity index (χ0v) is 12.9. The van der Waals surface area contributed by atoms with E-state index in [1.165, 1.54) is 5.69 Å². The Morgan fingerprint density at radius 2 is 2.00 bits per heavy atom. The van der Waals surface area contributed by atoms with Crippen molar-refractivity contribution in [1.82, 2.24) is 4.90 Å². The maximum atomic E-state index is 10.9. The molecule has 22 heavy (non-hydrogen) atoms. The lowest BCUT2D eigenvalue weighted by Crippen LogP contribution is -2.38. The molecule has 0 unspecified atom stereocenters. The first kappa shape index (κ1) is 15.2. The van der Waals surface area contributed by atoms with E-state index in [-0.39, 0.29) is 10.6 Å². The van der Waals surface area contributed by atoms with E-state index in [0.29, 0.717) is 0 Å². The third-order valence-electron chi connectivity index (χ3n) is 4.49. The molecular weight excluding hydrogens is 282 g/mol. The molecule has 0 amide bonds. The van der Waals surface area contributed by atoms with Gasteiger partial charge in [0.25, 0.3) is 5.69 Å². The van der Waals surface area contributed by atoms with Crippen LogP contribution >= 0.6 is 0 Å². The van der Waals surface area contributed by atoms with Crippen molar-refractivity contribution in [2.45, 2.75) is 19.3 Å². The second kappa shape index (κ2) is 7.07. The average Bonchev–Trinajstić information content (AvgIpc) is 2.55. The zero-order chi connectivity index (χ0) is 15.4. The van der Waals surface area contributed by atoms with Gasteiger partial charge in [-0.2, -0.15) is 0 Å². The Hall–Kier alpha value is -1.66. The Morgan fingerprint density at radius 1 is 1.18 bits per heavy atom. The summed E-state index contributed by atoms with van der Waals surface area (Å²) in [7, 11) is 0. The third kappa shape index (κ3) is 3.56. The molecule has 0 aromatic heterocycles. The van der Waals surface area contributed by atoms with Crippen molar-refractivity contribution >= 4 is 11.4 Å². The fourth-order valence-electron chi connectivity index (χ4n) is 3.32. The number of hydrogen-bond donors (Lipinski definition) is 0. The predicted octanol–water partition coefficient (Wildman–Crippen LogP) is 2.07. The molecule has 2 aliphatic heterocycles. The average molecular weight is 305 g/mol. The smallest absolute Gasteiger partial charge is 0.269 e. The van der Waals surface area contributed by atoms with Crippen molar-refractivity contribution < 1.29 is 9.66 Å². The molecule has 1 aromatic rings. The molecular formula is C16H23N3O3. The van der Waals surface area contributed by atoms with Gasteiger partial charge in [-0.25, -0.2) is 0 Å². The molecule has 6 heteroatoms. The Labute approximate surface area is 130 Å². The third-order valence-corrected chi connectivity index (χ3v) is 4.49. The van der Waals surface area contributed by atoms with Crippen LogP contribution in [0.25, 0.3) is 0 Å². The second-order valence-electron chi connectivity index (χ2n) is 5.97. The van der Waals surface area contributed by atoms with E-state index in [0.717, 1.165) is 70.8 Å². The number of morpholine rings is 1. The van der Waals surface area contributed by atoms with E-state index >= 15 is 0 Å². The summed E-state index contributed by atoms with van der Waals surface area (Å²) in [5.41, 5.74) is 2.50. The van der Waals surface area contributed by atoms with Gasteiger partial charge in [0.1, 0.15) is 0 Å². The largest absolute Gasteiger partial charge is 0.379 e. The minimum Gasteiger partial charge on any atom is -0.379 e. The number of anilines is 1. The van der Waals surface area contributed by atoms with E-state index in [9.17, 15) is 10.1 Å². The number of benzene rings is 1. The van der Waals surface area contributed by atoms with Crippen LogP contribution in [-0.4, -0.2) is 55.8 Å². The minimum absolute atomic E-state index is 0.203. The van der Waals surface area contributed by atoms with Crippen LogP contribution in [0.1, 0.15) is 18.4 Å². The molecule has 1 fully saturated rings. The molecule has 120 valence electrons. The molecule has 1 saturated heterocycles. The van der Waals surface area contributed by atoms with Crippen molar-refractivity contribution in [3.8, 4) is 0 Å². The number of nitro groups is 1. The van der Waals surface area contributed by atoms with Gasteiger partial charge in [0.15, 0.2) is 0 Å². The van der Waals surface area contributed by atoms with Gasteiger partial charge < -0.3 is 9.64 Å². The highest BCUT2D eigenvalue weighted by Crippen LogP contribution is 2.30. The van der Waals surface area contributed by atoms with Crippen molar-refractivity contribution in [2.75, 3.05) is 50.8 Å². The number of hydrogen-bond acceptors (Lipinski definition) is 5. The van der Waals surface area contributed by atoms with Crippen molar-refractivity contribution in [1.29, 1.82) is 0 Å². The fraction of sp³-hybridized carbons (Fsp3) is 0.625. The highest BCUT2D eigenvalue weighted by molar-refractivity contribution is 5.59. The number of nitro benzene ring substituents is 1. The number of ether oxygens (including phenoxy) is 1. The first-order valence-corrected chi connectivity index (χ1v) is 8.06.